The van der Waals surface area contributed by atoms with Crippen molar-refractivity contribution in [3.8, 4) is 23.3 Å². The van der Waals surface area contributed by atoms with Crippen molar-refractivity contribution in [3.63, 3.8) is 0 Å². The Hall–Kier alpha value is -3.31. The summed E-state index contributed by atoms with van der Waals surface area (Å²) in [5.74, 6) is 1.77. The van der Waals surface area contributed by atoms with Crippen LogP contribution < -0.4 is 19.1 Å². The number of hydrogen-bond donors (Lipinski definition) is 0. The van der Waals surface area contributed by atoms with E-state index in [1.54, 1.807) is 26.2 Å². The Kier molecular flexibility index (Phi) is 6.19. The number of nitrogens with zero attached hydrogens (tertiary/aromatic N) is 3. The summed E-state index contributed by atoms with van der Waals surface area (Å²) in [7, 11) is 4.65. The highest BCUT2D eigenvalue weighted by Crippen LogP contribution is 2.47. The molecule has 4 rings (SSSR count). The van der Waals surface area contributed by atoms with E-state index in [0.717, 1.165) is 21.8 Å². The fraction of sp³-hybridized carbons (Fsp3) is 0.333. The smallest absolute Gasteiger partial charge is 0.229 e. The second-order valence-electron chi connectivity index (χ2n) is 7.61. The van der Waals surface area contributed by atoms with Gasteiger partial charge in [0.05, 0.1) is 50.5 Å². The molecule has 8 heteroatoms. The topological polar surface area (TPSA) is 75.0 Å². The first-order chi connectivity index (χ1) is 15.5. The second kappa shape index (κ2) is 9.05. The quantitative estimate of drug-likeness (QED) is 0.673. The zero-order valence-corrected chi connectivity index (χ0v) is 19.4. The average molecular weight is 452 g/mol. The first-order valence-corrected chi connectivity index (χ1v) is 11.2. The molecule has 1 saturated heterocycles. The van der Waals surface area contributed by atoms with Crippen LogP contribution in [-0.2, 0) is 4.79 Å². The minimum Gasteiger partial charge on any atom is -0.493 e. The average Bonchev–Trinajstić information content (AvgIpc) is 2.83. The maximum Gasteiger partial charge on any atom is 0.229 e. The number of ether oxygens (including phenoxy) is 3. The minimum atomic E-state index is -0.370. The van der Waals surface area contributed by atoms with E-state index < -0.39 is 0 Å². The van der Waals surface area contributed by atoms with Crippen LogP contribution in [0.2, 0.25) is 0 Å². The van der Waals surface area contributed by atoms with Crippen LogP contribution in [0, 0.1) is 18.3 Å². The molecule has 1 atom stereocenters. The van der Waals surface area contributed by atoms with Gasteiger partial charge in [0, 0.05) is 18.0 Å². The molecule has 1 amide bonds. The van der Waals surface area contributed by atoms with Gasteiger partial charge in [-0.25, -0.2) is 0 Å². The maximum absolute atomic E-state index is 13.2. The first-order valence-electron chi connectivity index (χ1n) is 10.2. The van der Waals surface area contributed by atoms with Gasteiger partial charge >= 0.3 is 0 Å². The van der Waals surface area contributed by atoms with Gasteiger partial charge in [-0.2, -0.15) is 5.26 Å². The Morgan fingerprint density at radius 2 is 1.78 bits per heavy atom. The molecule has 32 heavy (non-hydrogen) atoms. The Morgan fingerprint density at radius 1 is 1.09 bits per heavy atom. The van der Waals surface area contributed by atoms with Crippen LogP contribution in [0.25, 0.3) is 0 Å². The summed E-state index contributed by atoms with van der Waals surface area (Å²) in [6.45, 7) is 2.49. The fourth-order valence-corrected chi connectivity index (χ4v) is 5.38. The van der Waals surface area contributed by atoms with Gasteiger partial charge in [-0.3, -0.25) is 9.69 Å². The zero-order valence-electron chi connectivity index (χ0n) is 18.5. The van der Waals surface area contributed by atoms with E-state index in [2.05, 4.69) is 30.0 Å². The molecule has 7 nitrogen and oxygen atoms in total. The fourth-order valence-electron chi connectivity index (χ4n) is 4.22. The van der Waals surface area contributed by atoms with E-state index in [9.17, 15) is 10.1 Å². The lowest BCUT2D eigenvalue weighted by molar-refractivity contribution is -0.129. The zero-order chi connectivity index (χ0) is 22.8. The molecule has 0 bridgehead atoms. The molecule has 0 aromatic heterocycles. The molecule has 1 fully saturated rings. The van der Waals surface area contributed by atoms with E-state index in [1.807, 2.05) is 24.3 Å². The van der Waals surface area contributed by atoms with Crippen LogP contribution in [0.4, 0.5) is 5.69 Å². The molecule has 0 radical (unpaired) electrons. The molecule has 166 valence electrons. The Bertz CT molecular complexity index is 1100. The molecule has 2 aliphatic heterocycles. The maximum atomic E-state index is 13.2. The number of aryl methyl sites for hydroxylation is 1. The standard InChI is InChI=1S/C24H25N3O4S/c1-15-7-5-6-8-19(15)26-13-27-22(28)11-17(18(12-25)24(27)32-14-26)16-9-20(29-2)23(31-4)21(10-16)30-3/h5-10,17H,11,13-14H2,1-4H3/t17-/m1/s1. The SMILES string of the molecule is COc1cc([C@H]2CC(=O)N3CN(c4ccccc4C)CSC3=C2C#N)cc(OC)c1OC. The number of nitriles is 1. The van der Waals surface area contributed by atoms with Crippen molar-refractivity contribution in [2.45, 2.75) is 19.3 Å². The van der Waals surface area contributed by atoms with Crippen LogP contribution in [0.1, 0.15) is 23.5 Å². The molecular weight excluding hydrogens is 426 g/mol. The third kappa shape index (κ3) is 3.73. The van der Waals surface area contributed by atoms with Gasteiger partial charge < -0.3 is 19.1 Å². The molecule has 0 N–H and O–H groups in total. The normalized spacial score (nSPS) is 18.2. The summed E-state index contributed by atoms with van der Waals surface area (Å²) in [4.78, 5) is 17.1. The predicted molar refractivity (Wildman–Crippen MR) is 124 cm³/mol. The predicted octanol–water partition coefficient (Wildman–Crippen LogP) is 4.24. The third-order valence-corrected chi connectivity index (χ3v) is 6.99. The summed E-state index contributed by atoms with van der Waals surface area (Å²) in [5, 5.41) is 10.8. The van der Waals surface area contributed by atoms with Gasteiger partial charge in [-0.15, -0.1) is 0 Å². The minimum absolute atomic E-state index is 0.0106. The second-order valence-corrected chi connectivity index (χ2v) is 8.54. The molecule has 2 heterocycles. The summed E-state index contributed by atoms with van der Waals surface area (Å²) in [6.07, 6.45) is 0.202. The Balaban J connectivity index is 1.72. The van der Waals surface area contributed by atoms with Crippen LogP contribution in [0.5, 0.6) is 17.2 Å². The highest BCUT2D eigenvalue weighted by Gasteiger charge is 2.39. The van der Waals surface area contributed by atoms with E-state index >= 15 is 0 Å². The molecule has 0 aliphatic carbocycles. The van der Waals surface area contributed by atoms with E-state index in [-0.39, 0.29) is 18.2 Å². The number of hydrogen-bond acceptors (Lipinski definition) is 7. The largest absolute Gasteiger partial charge is 0.493 e. The van der Waals surface area contributed by atoms with Crippen LogP contribution >= 0.6 is 11.8 Å². The van der Waals surface area contributed by atoms with Crippen molar-refractivity contribution < 1.29 is 19.0 Å². The van der Waals surface area contributed by atoms with E-state index in [1.165, 1.54) is 11.8 Å². The van der Waals surface area contributed by atoms with Gasteiger partial charge in [0.1, 0.15) is 0 Å². The van der Waals surface area contributed by atoms with Crippen LogP contribution in [0.3, 0.4) is 0 Å². The molecule has 0 spiro atoms. The number of amides is 1. The molecule has 0 saturated carbocycles. The lowest BCUT2D eigenvalue weighted by Crippen LogP contribution is -2.47. The highest BCUT2D eigenvalue weighted by molar-refractivity contribution is 8.03. The summed E-state index contributed by atoms with van der Waals surface area (Å²) < 4.78 is 16.4. The summed E-state index contributed by atoms with van der Waals surface area (Å²) >= 11 is 1.52. The number of thioether (sulfide) groups is 1. The van der Waals surface area contributed by atoms with Crippen molar-refractivity contribution in [2.75, 3.05) is 38.8 Å². The number of methoxy groups -OCH3 is 3. The number of rotatable bonds is 5. The van der Waals surface area contributed by atoms with Crippen molar-refractivity contribution in [3.05, 3.63) is 58.1 Å². The number of fused-ring (bicyclic) bond motifs is 1. The van der Waals surface area contributed by atoms with E-state index in [0.29, 0.717) is 35.4 Å². The highest BCUT2D eigenvalue weighted by atomic mass is 32.2. The van der Waals surface area contributed by atoms with Gasteiger partial charge in [0.15, 0.2) is 11.5 Å². The lowest BCUT2D eigenvalue weighted by Gasteiger charge is -2.42. The monoisotopic (exact) mass is 451 g/mol. The van der Waals surface area contributed by atoms with Gasteiger partial charge in [-0.1, -0.05) is 30.0 Å². The van der Waals surface area contributed by atoms with Crippen LogP contribution in [0.15, 0.2) is 47.0 Å². The third-order valence-electron chi connectivity index (χ3n) is 5.84. The number of carbonyl (C=O) groups excluding carboxylic acids is 1. The van der Waals surface area contributed by atoms with Crippen molar-refractivity contribution in [2.24, 2.45) is 0 Å². The first kappa shape index (κ1) is 21.9. The van der Waals surface area contributed by atoms with Crippen LogP contribution in [-0.4, -0.2) is 44.7 Å². The Morgan fingerprint density at radius 3 is 2.38 bits per heavy atom. The number of para-hydroxylation sites is 1. The van der Waals surface area contributed by atoms with Gasteiger partial charge in [0.2, 0.25) is 11.7 Å². The van der Waals surface area contributed by atoms with Gasteiger partial charge in [0.25, 0.3) is 0 Å². The summed E-state index contributed by atoms with van der Waals surface area (Å²) in [6, 6.07) is 14.1. The van der Waals surface area contributed by atoms with E-state index in [4.69, 9.17) is 14.2 Å². The molecule has 2 aromatic carbocycles. The van der Waals surface area contributed by atoms with Gasteiger partial charge in [-0.05, 0) is 36.2 Å². The van der Waals surface area contributed by atoms with Crippen molar-refractivity contribution in [1.82, 2.24) is 4.90 Å². The molecule has 2 aliphatic rings. The molecule has 2 aromatic rings. The molecular formula is C24H25N3O4S. The Labute approximate surface area is 192 Å². The molecule has 0 unspecified atom stereocenters. The van der Waals surface area contributed by atoms with Crippen molar-refractivity contribution >= 4 is 23.4 Å². The lowest BCUT2D eigenvalue weighted by atomic mass is 9.86. The number of carbonyl (C=O) groups is 1. The number of benzene rings is 2. The number of anilines is 1. The number of allylic oxidation sites excluding steroid dienone is 1. The summed E-state index contributed by atoms with van der Waals surface area (Å²) in [5.41, 5.74) is 3.63. The van der Waals surface area contributed by atoms with Crippen molar-refractivity contribution in [1.29, 1.82) is 5.26 Å².